The number of carbonyl (C=O) groups excluding carboxylic acids is 1. The van der Waals surface area contributed by atoms with E-state index in [2.05, 4.69) is 40.5 Å². The molecule has 0 aliphatic carbocycles. The average Bonchev–Trinajstić information content (AvgIpc) is 2.74. The zero-order chi connectivity index (χ0) is 20.6. The van der Waals surface area contributed by atoms with Gasteiger partial charge in [-0.2, -0.15) is 0 Å². The summed E-state index contributed by atoms with van der Waals surface area (Å²) in [4.78, 5) is 20.9. The van der Waals surface area contributed by atoms with E-state index in [0.717, 1.165) is 17.0 Å². The number of anilines is 2. The van der Waals surface area contributed by atoms with Crippen molar-refractivity contribution in [3.63, 3.8) is 0 Å². The summed E-state index contributed by atoms with van der Waals surface area (Å²) in [6, 6.07) is 15.9. The maximum absolute atomic E-state index is 12.3. The van der Waals surface area contributed by atoms with Crippen LogP contribution in [0.25, 0.3) is 0 Å². The lowest BCUT2D eigenvalue weighted by molar-refractivity contribution is 0.0949. The van der Waals surface area contributed by atoms with Crippen LogP contribution in [0.1, 0.15) is 41.4 Å². The van der Waals surface area contributed by atoms with Crippen LogP contribution in [0.5, 0.6) is 5.75 Å². The number of aromatic nitrogens is 2. The summed E-state index contributed by atoms with van der Waals surface area (Å²) in [6.45, 7) is 4.80. The van der Waals surface area contributed by atoms with Gasteiger partial charge in [-0.25, -0.2) is 9.97 Å². The second-order valence-electron chi connectivity index (χ2n) is 7.01. The summed E-state index contributed by atoms with van der Waals surface area (Å²) in [5.74, 6) is 1.56. The van der Waals surface area contributed by atoms with Crippen LogP contribution in [0.2, 0.25) is 0 Å². The van der Waals surface area contributed by atoms with Gasteiger partial charge in [0, 0.05) is 12.2 Å². The first kappa shape index (κ1) is 20.3. The topological polar surface area (TPSA) is 76.1 Å². The number of ether oxygens (including phenoxy) is 1. The summed E-state index contributed by atoms with van der Waals surface area (Å²) < 4.78 is 5.21. The lowest BCUT2D eigenvalue weighted by Crippen LogP contribution is -2.26. The van der Waals surface area contributed by atoms with Crippen molar-refractivity contribution in [1.29, 1.82) is 0 Å². The van der Waals surface area contributed by atoms with E-state index in [9.17, 15) is 4.79 Å². The Morgan fingerprint density at radius 1 is 1.07 bits per heavy atom. The van der Waals surface area contributed by atoms with E-state index in [1.807, 2.05) is 42.5 Å². The molecule has 0 fully saturated rings. The molecule has 3 aromatic rings. The Morgan fingerprint density at radius 2 is 1.90 bits per heavy atom. The molecule has 0 aliphatic heterocycles. The molecule has 2 aromatic carbocycles. The highest BCUT2D eigenvalue weighted by molar-refractivity contribution is 5.92. The zero-order valence-corrected chi connectivity index (χ0v) is 17.0. The molecular formula is C23H26N4O2. The summed E-state index contributed by atoms with van der Waals surface area (Å²) in [7, 11) is 1.64. The minimum absolute atomic E-state index is 0.241. The van der Waals surface area contributed by atoms with E-state index in [4.69, 9.17) is 4.74 Å². The lowest BCUT2D eigenvalue weighted by Gasteiger charge is -2.14. The molecule has 0 bridgehead atoms. The van der Waals surface area contributed by atoms with Crippen LogP contribution in [-0.4, -0.2) is 29.5 Å². The van der Waals surface area contributed by atoms with Crippen molar-refractivity contribution in [2.24, 2.45) is 0 Å². The summed E-state index contributed by atoms with van der Waals surface area (Å²) in [5, 5.41) is 6.15. The third kappa shape index (κ3) is 5.54. The molecule has 1 amide bonds. The van der Waals surface area contributed by atoms with Crippen molar-refractivity contribution < 1.29 is 9.53 Å². The highest BCUT2D eigenvalue weighted by atomic mass is 16.5. The van der Waals surface area contributed by atoms with Gasteiger partial charge in [-0.1, -0.05) is 44.2 Å². The van der Waals surface area contributed by atoms with Crippen LogP contribution in [0, 0.1) is 0 Å². The fraction of sp³-hybridized carbons (Fsp3) is 0.261. The third-order valence-electron chi connectivity index (χ3n) is 4.56. The quantitative estimate of drug-likeness (QED) is 0.599. The Balaban J connectivity index is 1.56. The van der Waals surface area contributed by atoms with Crippen LogP contribution >= 0.6 is 0 Å². The Kier molecular flexibility index (Phi) is 6.79. The molecule has 150 valence electrons. The number of nitrogens with zero attached hydrogens (tertiary/aromatic N) is 2. The monoisotopic (exact) mass is 390 g/mol. The van der Waals surface area contributed by atoms with E-state index in [0.29, 0.717) is 30.4 Å². The molecule has 0 spiro atoms. The van der Waals surface area contributed by atoms with E-state index in [1.54, 1.807) is 13.3 Å². The summed E-state index contributed by atoms with van der Waals surface area (Å²) in [6.07, 6.45) is 3.78. The van der Waals surface area contributed by atoms with Crippen molar-refractivity contribution in [3.05, 3.63) is 77.7 Å². The smallest absolute Gasteiger partial charge is 0.271 e. The first-order chi connectivity index (χ1) is 14.1. The average molecular weight is 390 g/mol. The largest absolute Gasteiger partial charge is 0.497 e. The van der Waals surface area contributed by atoms with Crippen molar-refractivity contribution in [2.75, 3.05) is 19.0 Å². The molecule has 2 N–H and O–H groups in total. The summed E-state index contributed by atoms with van der Waals surface area (Å²) >= 11 is 0. The van der Waals surface area contributed by atoms with E-state index < -0.39 is 0 Å². The minimum Gasteiger partial charge on any atom is -0.497 e. The standard InChI is InChI=1S/C23H26N4O2/c1-16(2)19-9-4-5-10-20(19)27-22-15-25-21(14-26-22)23(28)24-12-11-17-7-6-8-18(13-17)29-3/h4-10,13-16H,11-12H2,1-3H3,(H,24,28)(H,26,27). The number of carbonyl (C=O) groups is 1. The molecule has 0 unspecified atom stereocenters. The lowest BCUT2D eigenvalue weighted by atomic mass is 10.0. The minimum atomic E-state index is -0.241. The van der Waals surface area contributed by atoms with Crippen LogP contribution < -0.4 is 15.4 Å². The molecule has 3 rings (SSSR count). The molecule has 1 aromatic heterocycles. The second kappa shape index (κ2) is 9.68. The molecule has 0 aliphatic rings. The molecule has 1 heterocycles. The fourth-order valence-electron chi connectivity index (χ4n) is 3.00. The van der Waals surface area contributed by atoms with Gasteiger partial charge < -0.3 is 15.4 Å². The van der Waals surface area contributed by atoms with Crippen LogP contribution in [0.15, 0.2) is 60.9 Å². The Morgan fingerprint density at radius 3 is 2.62 bits per heavy atom. The number of amides is 1. The van der Waals surface area contributed by atoms with E-state index in [-0.39, 0.29) is 5.91 Å². The number of rotatable bonds is 8. The maximum Gasteiger partial charge on any atom is 0.271 e. The van der Waals surface area contributed by atoms with E-state index >= 15 is 0 Å². The van der Waals surface area contributed by atoms with Crippen molar-refractivity contribution in [1.82, 2.24) is 15.3 Å². The summed E-state index contributed by atoms with van der Waals surface area (Å²) in [5.41, 5.74) is 3.58. The second-order valence-corrected chi connectivity index (χ2v) is 7.01. The van der Waals surface area contributed by atoms with Crippen LogP contribution in [-0.2, 0) is 6.42 Å². The van der Waals surface area contributed by atoms with Gasteiger partial charge in [0.05, 0.1) is 19.5 Å². The molecular weight excluding hydrogens is 364 g/mol. The highest BCUT2D eigenvalue weighted by Crippen LogP contribution is 2.25. The third-order valence-corrected chi connectivity index (χ3v) is 4.56. The number of hydrogen-bond acceptors (Lipinski definition) is 5. The SMILES string of the molecule is COc1cccc(CCNC(=O)c2cnc(Nc3ccccc3C(C)C)cn2)c1. The molecule has 6 heteroatoms. The van der Waals surface area contributed by atoms with Crippen molar-refractivity contribution >= 4 is 17.4 Å². The predicted molar refractivity (Wildman–Crippen MR) is 115 cm³/mol. The van der Waals surface area contributed by atoms with Crippen LogP contribution in [0.4, 0.5) is 11.5 Å². The number of nitrogens with one attached hydrogen (secondary N) is 2. The Hall–Kier alpha value is -3.41. The molecule has 0 saturated heterocycles. The zero-order valence-electron chi connectivity index (χ0n) is 17.0. The Labute approximate surface area is 171 Å². The molecule has 0 atom stereocenters. The molecule has 0 saturated carbocycles. The van der Waals surface area contributed by atoms with Gasteiger partial charge in [-0.3, -0.25) is 4.79 Å². The van der Waals surface area contributed by atoms with Gasteiger partial charge in [0.25, 0.3) is 5.91 Å². The molecule has 29 heavy (non-hydrogen) atoms. The van der Waals surface area contributed by atoms with Gasteiger partial charge >= 0.3 is 0 Å². The molecule has 0 radical (unpaired) electrons. The molecule has 6 nitrogen and oxygen atoms in total. The maximum atomic E-state index is 12.3. The number of methoxy groups -OCH3 is 1. The van der Waals surface area contributed by atoms with Crippen molar-refractivity contribution in [3.8, 4) is 5.75 Å². The Bertz CT molecular complexity index is 955. The van der Waals surface area contributed by atoms with Crippen molar-refractivity contribution in [2.45, 2.75) is 26.2 Å². The van der Waals surface area contributed by atoms with E-state index in [1.165, 1.54) is 11.8 Å². The van der Waals surface area contributed by atoms with Gasteiger partial charge in [-0.15, -0.1) is 0 Å². The normalized spacial score (nSPS) is 10.6. The number of benzene rings is 2. The first-order valence-electron chi connectivity index (χ1n) is 9.66. The van der Waals surface area contributed by atoms with Gasteiger partial charge in [0.2, 0.25) is 0 Å². The van der Waals surface area contributed by atoms with Crippen LogP contribution in [0.3, 0.4) is 0 Å². The fourth-order valence-corrected chi connectivity index (χ4v) is 3.00. The number of hydrogen-bond donors (Lipinski definition) is 2. The van der Waals surface area contributed by atoms with Gasteiger partial charge in [0.15, 0.2) is 0 Å². The van der Waals surface area contributed by atoms with Gasteiger partial charge in [-0.05, 0) is 41.7 Å². The first-order valence-corrected chi connectivity index (χ1v) is 9.66. The highest BCUT2D eigenvalue weighted by Gasteiger charge is 2.10. The predicted octanol–water partition coefficient (Wildman–Crippen LogP) is 4.32. The number of para-hydroxylation sites is 1. The van der Waals surface area contributed by atoms with Gasteiger partial charge in [0.1, 0.15) is 17.3 Å².